The zero-order valence-electron chi connectivity index (χ0n) is 9.36. The van der Waals surface area contributed by atoms with Gasteiger partial charge in [-0.15, -0.1) is 0 Å². The fourth-order valence-corrected chi connectivity index (χ4v) is 3.32. The number of hydrogen-bond donors (Lipinski definition) is 4. The van der Waals surface area contributed by atoms with Gasteiger partial charge in [0.1, 0.15) is 11.6 Å². The highest BCUT2D eigenvalue weighted by Gasteiger charge is 2.14. The molecule has 0 aromatic carbocycles. The van der Waals surface area contributed by atoms with Crippen molar-refractivity contribution in [1.82, 2.24) is 10.9 Å². The first-order chi connectivity index (χ1) is 7.52. The zero-order chi connectivity index (χ0) is 12.6. The third kappa shape index (κ3) is 6.46. The van der Waals surface area contributed by atoms with Crippen LogP contribution in [0.25, 0.3) is 0 Å². The molecule has 0 spiro atoms. The van der Waals surface area contributed by atoms with E-state index in [-0.39, 0.29) is 23.7 Å². The Morgan fingerprint density at radius 2 is 1.31 bits per heavy atom. The van der Waals surface area contributed by atoms with Crippen molar-refractivity contribution in [2.45, 2.75) is 25.9 Å². The highest BCUT2D eigenvalue weighted by Crippen LogP contribution is 2.22. The normalized spacial score (nSPS) is 14.5. The van der Waals surface area contributed by atoms with Crippen molar-refractivity contribution in [3.63, 3.8) is 0 Å². The van der Waals surface area contributed by atoms with E-state index < -0.39 is 0 Å². The third-order valence-corrected chi connectivity index (χ3v) is 4.36. The number of carbonyl (C=O) groups is 2. The summed E-state index contributed by atoms with van der Waals surface area (Å²) < 4.78 is 0. The highest BCUT2D eigenvalue weighted by atomic mass is 33.1. The van der Waals surface area contributed by atoms with Gasteiger partial charge in [-0.05, 0) is 13.8 Å². The van der Waals surface area contributed by atoms with E-state index in [1.165, 1.54) is 35.4 Å². The van der Waals surface area contributed by atoms with Crippen LogP contribution in [-0.2, 0) is 9.59 Å². The summed E-state index contributed by atoms with van der Waals surface area (Å²) in [5.41, 5.74) is 4.87. The minimum absolute atomic E-state index is 0.00401. The maximum absolute atomic E-state index is 11.0. The Labute approximate surface area is 103 Å². The Kier molecular flexibility index (Phi) is 8.90. The lowest BCUT2D eigenvalue weighted by Gasteiger charge is -2.13. The van der Waals surface area contributed by atoms with E-state index in [9.17, 15) is 9.59 Å². The molecule has 0 rings (SSSR count). The molecule has 0 aromatic rings. The van der Waals surface area contributed by atoms with Crippen molar-refractivity contribution in [2.24, 2.45) is 11.7 Å². The highest BCUT2D eigenvalue weighted by molar-refractivity contribution is 8.76. The number of Topliss-reactive ketones (excluding diaryl/α,β-unsaturated/α-hetero) is 2. The van der Waals surface area contributed by atoms with E-state index in [1.807, 2.05) is 0 Å². The average Bonchev–Trinajstić information content (AvgIpc) is 2.22. The number of carbonyl (C=O) groups excluding carboxylic acids is 2. The molecule has 0 radical (unpaired) electrons. The number of nitrogens with two attached hydrogens (primary N) is 2. The van der Waals surface area contributed by atoms with Crippen LogP contribution in [0.2, 0.25) is 0 Å². The Hall–Kier alpha value is -0.120. The Morgan fingerprint density at radius 3 is 1.50 bits per heavy atom. The van der Waals surface area contributed by atoms with Gasteiger partial charge in [-0.2, -0.15) is 0 Å². The molecule has 0 aliphatic carbocycles. The quantitative estimate of drug-likeness (QED) is 0.186. The molecule has 16 heavy (non-hydrogen) atoms. The van der Waals surface area contributed by atoms with Gasteiger partial charge in [0.25, 0.3) is 0 Å². The summed E-state index contributed by atoms with van der Waals surface area (Å²) in [7, 11) is 2.96. The molecule has 0 heterocycles. The van der Waals surface area contributed by atoms with Crippen molar-refractivity contribution >= 4 is 33.2 Å². The fraction of sp³-hybridized carbons (Fsp3) is 0.750. The van der Waals surface area contributed by atoms with Gasteiger partial charge in [0.15, 0.2) is 0 Å². The molecule has 0 aromatic heterocycles. The van der Waals surface area contributed by atoms with Crippen LogP contribution in [0.3, 0.4) is 0 Å². The molecule has 0 saturated carbocycles. The van der Waals surface area contributed by atoms with Gasteiger partial charge in [-0.25, -0.2) is 10.9 Å². The predicted octanol–water partition coefficient (Wildman–Crippen LogP) is -0.790. The number of ketones is 2. The molecule has 94 valence electrons. The minimum Gasteiger partial charge on any atom is -0.298 e. The van der Waals surface area contributed by atoms with E-state index in [2.05, 4.69) is 10.9 Å². The topological polar surface area (TPSA) is 110 Å². The van der Waals surface area contributed by atoms with Crippen LogP contribution in [0.15, 0.2) is 0 Å². The van der Waals surface area contributed by atoms with E-state index in [0.29, 0.717) is 11.5 Å². The van der Waals surface area contributed by atoms with Crippen LogP contribution in [0, 0.1) is 0 Å². The van der Waals surface area contributed by atoms with E-state index in [0.717, 1.165) is 0 Å². The second kappa shape index (κ2) is 8.97. The van der Waals surface area contributed by atoms with Crippen molar-refractivity contribution in [3.8, 4) is 0 Å². The van der Waals surface area contributed by atoms with E-state index >= 15 is 0 Å². The maximum Gasteiger partial charge on any atom is 0.148 e. The van der Waals surface area contributed by atoms with Crippen LogP contribution < -0.4 is 22.5 Å². The number of nitrogens with one attached hydrogen (secondary N) is 2. The SMILES string of the molecule is CC(=O)C(CSSCC(NN)C(C)=O)NN. The summed E-state index contributed by atoms with van der Waals surface area (Å²) in [5, 5.41) is 0. The zero-order valence-corrected chi connectivity index (χ0v) is 11.0. The molecule has 0 bridgehead atoms. The lowest BCUT2D eigenvalue weighted by atomic mass is 10.2. The molecule has 6 N–H and O–H groups in total. The summed E-state index contributed by atoms with van der Waals surface area (Å²) in [5.74, 6) is 11.5. The van der Waals surface area contributed by atoms with Crippen LogP contribution in [0.4, 0.5) is 0 Å². The summed E-state index contributed by atoms with van der Waals surface area (Å²) in [6, 6.07) is -0.696. The van der Waals surface area contributed by atoms with Gasteiger partial charge in [0.05, 0.1) is 12.1 Å². The summed E-state index contributed by atoms with van der Waals surface area (Å²) in [6.07, 6.45) is 0. The van der Waals surface area contributed by atoms with E-state index in [4.69, 9.17) is 11.7 Å². The van der Waals surface area contributed by atoms with Crippen LogP contribution in [0.5, 0.6) is 0 Å². The first kappa shape index (κ1) is 15.9. The number of hydrogen-bond acceptors (Lipinski definition) is 8. The third-order valence-electron chi connectivity index (χ3n) is 1.94. The Balaban J connectivity index is 3.73. The van der Waals surface area contributed by atoms with Crippen molar-refractivity contribution in [3.05, 3.63) is 0 Å². The molecule has 8 heteroatoms. The van der Waals surface area contributed by atoms with Crippen molar-refractivity contribution < 1.29 is 9.59 Å². The first-order valence-electron chi connectivity index (χ1n) is 4.70. The number of hydrazine groups is 2. The molecule has 2 unspecified atom stereocenters. The van der Waals surface area contributed by atoms with Crippen LogP contribution in [0.1, 0.15) is 13.8 Å². The van der Waals surface area contributed by atoms with Crippen LogP contribution in [-0.4, -0.2) is 35.2 Å². The monoisotopic (exact) mass is 266 g/mol. The lowest BCUT2D eigenvalue weighted by Crippen LogP contribution is -2.42. The van der Waals surface area contributed by atoms with Gasteiger partial charge in [0.2, 0.25) is 0 Å². The van der Waals surface area contributed by atoms with Gasteiger partial charge in [-0.1, -0.05) is 21.6 Å². The minimum atomic E-state index is -0.348. The summed E-state index contributed by atoms with van der Waals surface area (Å²) >= 11 is 0. The summed E-state index contributed by atoms with van der Waals surface area (Å²) in [4.78, 5) is 22.0. The Morgan fingerprint density at radius 1 is 1.00 bits per heavy atom. The van der Waals surface area contributed by atoms with Gasteiger partial charge in [0, 0.05) is 11.5 Å². The molecular weight excluding hydrogens is 248 g/mol. The second-order valence-electron chi connectivity index (χ2n) is 3.23. The van der Waals surface area contributed by atoms with Crippen molar-refractivity contribution in [1.29, 1.82) is 0 Å². The lowest BCUT2D eigenvalue weighted by molar-refractivity contribution is -0.119. The molecular formula is C8H18N4O2S2. The fourth-order valence-electron chi connectivity index (χ4n) is 0.798. The molecule has 0 saturated heterocycles. The standard InChI is InChI=1S/C8H18N4O2S2/c1-5(13)7(11-9)3-15-16-4-8(12-10)6(2)14/h7-8,11-12H,3-4,9-10H2,1-2H3. The largest absolute Gasteiger partial charge is 0.298 e. The molecule has 0 aliphatic rings. The molecule has 0 aliphatic heterocycles. The maximum atomic E-state index is 11.0. The van der Waals surface area contributed by atoms with Crippen LogP contribution >= 0.6 is 21.6 Å². The summed E-state index contributed by atoms with van der Waals surface area (Å²) in [6.45, 7) is 2.96. The van der Waals surface area contributed by atoms with Crippen molar-refractivity contribution in [2.75, 3.05) is 11.5 Å². The first-order valence-corrected chi connectivity index (χ1v) is 7.19. The van der Waals surface area contributed by atoms with E-state index in [1.54, 1.807) is 0 Å². The smallest absolute Gasteiger partial charge is 0.148 e. The molecule has 6 nitrogen and oxygen atoms in total. The molecule has 2 atom stereocenters. The predicted molar refractivity (Wildman–Crippen MR) is 68.5 cm³/mol. The molecule has 0 fully saturated rings. The number of rotatable bonds is 9. The van der Waals surface area contributed by atoms with Gasteiger partial charge < -0.3 is 0 Å². The average molecular weight is 266 g/mol. The second-order valence-corrected chi connectivity index (χ2v) is 5.78. The molecule has 0 amide bonds. The van der Waals surface area contributed by atoms with Gasteiger partial charge >= 0.3 is 0 Å². The Bertz CT molecular complexity index is 216. The van der Waals surface area contributed by atoms with Gasteiger partial charge in [-0.3, -0.25) is 21.3 Å².